The lowest BCUT2D eigenvalue weighted by Crippen LogP contribution is -2.44. The highest BCUT2D eigenvalue weighted by Crippen LogP contribution is 2.25. The Balaban J connectivity index is 1.65. The van der Waals surface area contributed by atoms with Gasteiger partial charge in [-0.05, 0) is 35.4 Å². The third-order valence-electron chi connectivity index (χ3n) is 4.86. The van der Waals surface area contributed by atoms with Crippen LogP contribution in [0.15, 0.2) is 0 Å². The number of hydrogen-bond acceptors (Lipinski definition) is 4. The molecule has 4 aliphatic rings. The van der Waals surface area contributed by atoms with Crippen molar-refractivity contribution in [3.63, 3.8) is 0 Å². The smallest absolute Gasteiger partial charge is 0.345 e. The van der Waals surface area contributed by atoms with Crippen LogP contribution in [-0.4, -0.2) is 64.4 Å². The summed E-state index contributed by atoms with van der Waals surface area (Å²) in [5.41, 5.74) is 2.15. The van der Waals surface area contributed by atoms with Gasteiger partial charge >= 0.3 is 6.03 Å². The minimum atomic E-state index is 0.0356. The molecule has 0 radical (unpaired) electrons. The number of nitrogens with zero attached hydrogens (tertiary/aromatic N) is 4. The number of carbonyl (C=O) groups is 1. The predicted molar refractivity (Wildman–Crippen MR) is 85.3 cm³/mol. The Morgan fingerprint density at radius 2 is 2.05 bits per heavy atom. The van der Waals surface area contributed by atoms with Crippen LogP contribution in [0.3, 0.4) is 0 Å². The zero-order valence-electron chi connectivity index (χ0n) is 11.9. The van der Waals surface area contributed by atoms with Crippen molar-refractivity contribution >= 4 is 28.6 Å². The van der Waals surface area contributed by atoms with Gasteiger partial charge in [0.25, 0.3) is 0 Å². The highest BCUT2D eigenvalue weighted by atomic mass is 127. The molecule has 3 saturated heterocycles. The molecule has 0 aromatic carbocycles. The fraction of sp³-hybridized carbons (Fsp3) is 0.714. The Bertz CT molecular complexity index is 566. The van der Waals surface area contributed by atoms with Crippen LogP contribution >= 0.6 is 22.6 Å². The molecule has 3 fully saturated rings. The van der Waals surface area contributed by atoms with Crippen molar-refractivity contribution in [2.24, 2.45) is 0 Å². The van der Waals surface area contributed by atoms with Crippen LogP contribution in [0.4, 0.5) is 4.79 Å². The minimum absolute atomic E-state index is 0.0356. The number of ether oxygens (including phenoxy) is 1. The van der Waals surface area contributed by atoms with E-state index in [1.165, 1.54) is 5.56 Å². The third kappa shape index (κ3) is 2.39. The van der Waals surface area contributed by atoms with Gasteiger partial charge in [0, 0.05) is 44.2 Å². The molecule has 0 saturated carbocycles. The maximum atomic E-state index is 13.0. The molecule has 0 aliphatic carbocycles. The topological polar surface area (TPSA) is 50.6 Å². The Morgan fingerprint density at radius 1 is 1.24 bits per heavy atom. The quantitative estimate of drug-likeness (QED) is 0.615. The second kappa shape index (κ2) is 5.51. The van der Waals surface area contributed by atoms with Gasteiger partial charge in [-0.1, -0.05) is 0 Å². The third-order valence-corrected chi connectivity index (χ3v) is 5.72. The van der Waals surface area contributed by atoms with Crippen molar-refractivity contribution in [2.75, 3.05) is 32.8 Å². The minimum Gasteiger partial charge on any atom is -0.375 e. The summed E-state index contributed by atoms with van der Waals surface area (Å²) >= 11 is 2.23. The van der Waals surface area contributed by atoms with Gasteiger partial charge in [-0.2, -0.15) is 9.78 Å². The van der Waals surface area contributed by atoms with E-state index in [4.69, 9.17) is 4.74 Å². The van der Waals surface area contributed by atoms with Gasteiger partial charge in [-0.25, -0.2) is 4.79 Å². The van der Waals surface area contributed by atoms with E-state index >= 15 is 0 Å². The number of hydrogen-bond donors (Lipinski definition) is 0. The molecular formula is C14H19IN4O2. The maximum Gasteiger partial charge on any atom is 0.345 e. The molecule has 1 amide bonds. The number of carbonyl (C=O) groups excluding carboxylic acids is 1. The second-order valence-corrected chi connectivity index (χ2v) is 7.00. The normalized spacial score (nSPS) is 28.3. The van der Waals surface area contributed by atoms with Crippen molar-refractivity contribution in [2.45, 2.75) is 31.9 Å². The molecule has 21 heavy (non-hydrogen) atoms. The maximum absolute atomic E-state index is 13.0. The highest BCUT2D eigenvalue weighted by Gasteiger charge is 2.34. The molecule has 7 heteroatoms. The second-order valence-electron chi connectivity index (χ2n) is 5.98. The molecule has 2 bridgehead atoms. The summed E-state index contributed by atoms with van der Waals surface area (Å²) < 4.78 is 8.08. The Labute approximate surface area is 137 Å². The molecule has 5 rings (SSSR count). The van der Waals surface area contributed by atoms with Crippen molar-refractivity contribution in [3.8, 4) is 0 Å². The molecule has 0 N–H and O–H groups in total. The van der Waals surface area contributed by atoms with Crippen molar-refractivity contribution < 1.29 is 9.53 Å². The van der Waals surface area contributed by atoms with E-state index in [0.29, 0.717) is 12.6 Å². The van der Waals surface area contributed by atoms with Crippen molar-refractivity contribution in [1.82, 2.24) is 19.6 Å². The Hall–Kier alpha value is -0.670. The summed E-state index contributed by atoms with van der Waals surface area (Å²) in [6.45, 7) is 5.26. The van der Waals surface area contributed by atoms with Crippen LogP contribution in [0, 0.1) is 3.70 Å². The van der Waals surface area contributed by atoms with Gasteiger partial charge in [0.1, 0.15) is 3.70 Å². The first-order valence-electron chi connectivity index (χ1n) is 7.61. The SMILES string of the molecule is O=C(N1CCN2CCC1CC2)n1nc(I)c2c1COCC2. The molecule has 6 nitrogen and oxygen atoms in total. The monoisotopic (exact) mass is 402 g/mol. The molecule has 0 atom stereocenters. The molecule has 114 valence electrons. The van der Waals surface area contributed by atoms with Crippen LogP contribution in [-0.2, 0) is 17.8 Å². The number of aromatic nitrogens is 2. The average Bonchev–Trinajstić information content (AvgIpc) is 2.69. The summed E-state index contributed by atoms with van der Waals surface area (Å²) in [7, 11) is 0. The van der Waals surface area contributed by atoms with Crippen LogP contribution < -0.4 is 0 Å². The summed E-state index contributed by atoms with van der Waals surface area (Å²) in [5.74, 6) is 0. The molecule has 0 unspecified atom stereocenters. The first-order chi connectivity index (χ1) is 10.2. The predicted octanol–water partition coefficient (Wildman–Crippen LogP) is 1.31. The fourth-order valence-corrected chi connectivity index (χ4v) is 4.41. The summed E-state index contributed by atoms with van der Waals surface area (Å²) in [6.07, 6.45) is 3.03. The largest absolute Gasteiger partial charge is 0.375 e. The van der Waals surface area contributed by atoms with E-state index in [2.05, 4.69) is 32.6 Å². The van der Waals surface area contributed by atoms with Gasteiger partial charge in [-0.3, -0.25) is 0 Å². The molecule has 0 spiro atoms. The van der Waals surface area contributed by atoms with Crippen molar-refractivity contribution in [3.05, 3.63) is 15.0 Å². The summed E-state index contributed by atoms with van der Waals surface area (Å²) in [5, 5.41) is 4.50. The van der Waals surface area contributed by atoms with Gasteiger partial charge in [0.15, 0.2) is 0 Å². The lowest BCUT2D eigenvalue weighted by molar-refractivity contribution is 0.103. The Morgan fingerprint density at radius 3 is 2.86 bits per heavy atom. The van der Waals surface area contributed by atoms with E-state index in [1.54, 1.807) is 4.68 Å². The van der Waals surface area contributed by atoms with E-state index < -0.39 is 0 Å². The molecule has 1 aromatic rings. The molecule has 1 aromatic heterocycles. The number of rotatable bonds is 0. The van der Waals surface area contributed by atoms with Crippen molar-refractivity contribution in [1.29, 1.82) is 0 Å². The van der Waals surface area contributed by atoms with Crippen LogP contribution in [0.1, 0.15) is 24.1 Å². The highest BCUT2D eigenvalue weighted by molar-refractivity contribution is 14.1. The van der Waals surface area contributed by atoms with Crippen LogP contribution in [0.5, 0.6) is 0 Å². The zero-order chi connectivity index (χ0) is 14.4. The summed E-state index contributed by atoms with van der Waals surface area (Å²) in [4.78, 5) is 17.5. The first kappa shape index (κ1) is 14.0. The van der Waals surface area contributed by atoms with Crippen LogP contribution in [0.2, 0.25) is 0 Å². The first-order valence-corrected chi connectivity index (χ1v) is 8.69. The number of halogens is 1. The molecule has 5 heterocycles. The van der Waals surface area contributed by atoms with Gasteiger partial charge in [0.2, 0.25) is 0 Å². The fourth-order valence-electron chi connectivity index (χ4n) is 3.61. The Kier molecular flexibility index (Phi) is 3.66. The lowest BCUT2D eigenvalue weighted by atomic mass is 10.1. The summed E-state index contributed by atoms with van der Waals surface area (Å²) in [6, 6.07) is 0.409. The van der Waals surface area contributed by atoms with E-state index in [-0.39, 0.29) is 6.03 Å². The standard InChI is InChI=1S/C14H19IN4O2/c15-13-11-3-8-21-9-12(11)19(16-13)14(20)18-7-6-17-4-1-10(18)2-5-17/h10H,1-9H2. The number of fused-ring (bicyclic) bond motifs is 5. The zero-order valence-corrected chi connectivity index (χ0v) is 14.1. The van der Waals surface area contributed by atoms with E-state index in [0.717, 1.165) is 61.4 Å². The van der Waals surface area contributed by atoms with Gasteiger partial charge in [-0.15, -0.1) is 0 Å². The van der Waals surface area contributed by atoms with Crippen LogP contribution in [0.25, 0.3) is 0 Å². The molecular weight excluding hydrogens is 383 g/mol. The van der Waals surface area contributed by atoms with Gasteiger partial charge < -0.3 is 14.5 Å². The number of piperidine rings is 1. The van der Waals surface area contributed by atoms with Gasteiger partial charge in [0.05, 0.1) is 18.9 Å². The average molecular weight is 402 g/mol. The lowest BCUT2D eigenvalue weighted by Gasteiger charge is -2.31. The molecule has 4 aliphatic heterocycles. The number of amides is 1. The van der Waals surface area contributed by atoms with E-state index in [1.807, 2.05) is 4.90 Å². The van der Waals surface area contributed by atoms with E-state index in [9.17, 15) is 4.79 Å².